The Morgan fingerprint density at radius 1 is 1.48 bits per heavy atom. The van der Waals surface area contributed by atoms with Crippen LogP contribution in [0, 0.1) is 11.3 Å². The Kier molecular flexibility index (Phi) is 4.61. The molecule has 1 amide bonds. The highest BCUT2D eigenvalue weighted by Crippen LogP contribution is 2.33. The molecule has 1 aromatic carbocycles. The molecule has 0 aliphatic heterocycles. The van der Waals surface area contributed by atoms with Gasteiger partial charge in [-0.1, -0.05) is 0 Å². The molecule has 1 unspecified atom stereocenters. The van der Waals surface area contributed by atoms with Crippen LogP contribution in [0.15, 0.2) is 30.9 Å². The molecule has 7 nitrogen and oxygen atoms in total. The molecule has 0 spiro atoms. The summed E-state index contributed by atoms with van der Waals surface area (Å²) in [6.07, 6.45) is -3.77. The monoisotopic (exact) mass is 325 g/mol. The number of aliphatic hydroxyl groups excluding tert-OH is 1. The minimum atomic E-state index is -4.73. The zero-order chi connectivity index (χ0) is 17.0. The third kappa shape index (κ3) is 4.04. The lowest BCUT2D eigenvalue weighted by molar-refractivity contribution is -0.137. The number of nitriles is 1. The summed E-state index contributed by atoms with van der Waals surface area (Å²) in [5.41, 5.74) is -1.90. The van der Waals surface area contributed by atoms with Crippen molar-refractivity contribution >= 4 is 11.6 Å². The maximum atomic E-state index is 12.8. The second-order valence-electron chi connectivity index (χ2n) is 4.49. The van der Waals surface area contributed by atoms with Crippen LogP contribution in [-0.4, -0.2) is 31.9 Å². The maximum Gasteiger partial charge on any atom is 0.417 e. The predicted molar refractivity (Wildman–Crippen MR) is 70.8 cm³/mol. The zero-order valence-electron chi connectivity index (χ0n) is 11.4. The van der Waals surface area contributed by atoms with Crippen LogP contribution in [0.4, 0.5) is 18.9 Å². The van der Waals surface area contributed by atoms with Crippen molar-refractivity contribution in [2.45, 2.75) is 18.8 Å². The normalized spacial score (nSPS) is 12.5. The van der Waals surface area contributed by atoms with Crippen LogP contribution in [0.25, 0.3) is 0 Å². The van der Waals surface area contributed by atoms with Crippen molar-refractivity contribution < 1.29 is 23.1 Å². The van der Waals surface area contributed by atoms with Crippen LogP contribution in [0.3, 0.4) is 0 Å². The number of hydrogen-bond acceptors (Lipinski definition) is 5. The highest BCUT2D eigenvalue weighted by Gasteiger charge is 2.34. The summed E-state index contributed by atoms with van der Waals surface area (Å²) in [5, 5.41) is 24.3. The number of rotatable bonds is 4. The molecule has 1 atom stereocenters. The number of nitrogens with one attached hydrogen (secondary N) is 1. The van der Waals surface area contributed by atoms with E-state index < -0.39 is 29.3 Å². The number of aromatic nitrogens is 3. The summed E-state index contributed by atoms with van der Waals surface area (Å²) >= 11 is 0. The summed E-state index contributed by atoms with van der Waals surface area (Å²) in [4.78, 5) is 15.4. The average molecular weight is 325 g/mol. The number of aliphatic hydroxyl groups is 1. The number of halogens is 3. The highest BCUT2D eigenvalue weighted by atomic mass is 19.4. The van der Waals surface area contributed by atoms with E-state index in [0.717, 1.165) is 12.1 Å². The first-order valence-electron chi connectivity index (χ1n) is 6.24. The lowest BCUT2D eigenvalue weighted by atomic mass is 10.1. The van der Waals surface area contributed by atoms with Crippen LogP contribution in [-0.2, 0) is 17.5 Å². The summed E-state index contributed by atoms with van der Waals surface area (Å²) < 4.78 is 39.7. The number of anilines is 1. The Labute approximate surface area is 128 Å². The molecule has 1 heterocycles. The first kappa shape index (κ1) is 16.4. The van der Waals surface area contributed by atoms with Gasteiger partial charge < -0.3 is 10.4 Å². The van der Waals surface area contributed by atoms with Gasteiger partial charge in [0.2, 0.25) is 0 Å². The molecule has 0 saturated carbocycles. The summed E-state index contributed by atoms with van der Waals surface area (Å²) in [6, 6.07) is 4.17. The lowest BCUT2D eigenvalue weighted by Crippen LogP contribution is -2.31. The Balaban J connectivity index is 2.13. The summed E-state index contributed by atoms with van der Waals surface area (Å²) in [7, 11) is 0. The molecule has 0 aliphatic rings. The Hall–Kier alpha value is -2.93. The molecule has 2 N–H and O–H groups in total. The Bertz CT molecular complexity index is 737. The van der Waals surface area contributed by atoms with Crippen LogP contribution in [0.2, 0.25) is 0 Å². The van der Waals surface area contributed by atoms with Crippen molar-refractivity contribution in [2.75, 3.05) is 5.32 Å². The third-order valence-electron chi connectivity index (χ3n) is 2.84. The van der Waals surface area contributed by atoms with Crippen LogP contribution >= 0.6 is 0 Å². The molecule has 2 rings (SSSR count). The van der Waals surface area contributed by atoms with Crippen molar-refractivity contribution in [1.82, 2.24) is 14.8 Å². The highest BCUT2D eigenvalue weighted by molar-refractivity contribution is 5.94. The van der Waals surface area contributed by atoms with E-state index in [1.165, 1.54) is 23.4 Å². The van der Waals surface area contributed by atoms with E-state index in [1.807, 2.05) is 0 Å². The van der Waals surface area contributed by atoms with E-state index in [9.17, 15) is 23.1 Å². The van der Waals surface area contributed by atoms with E-state index in [2.05, 4.69) is 15.4 Å². The van der Waals surface area contributed by atoms with E-state index in [0.29, 0.717) is 6.07 Å². The molecular formula is C13H10F3N5O2. The summed E-state index contributed by atoms with van der Waals surface area (Å²) in [5.74, 6) is -0.904. The average Bonchev–Trinajstić information content (AvgIpc) is 2.99. The first-order chi connectivity index (χ1) is 10.8. The largest absolute Gasteiger partial charge is 0.417 e. The fourth-order valence-electron chi connectivity index (χ4n) is 1.77. The van der Waals surface area contributed by atoms with Crippen molar-refractivity contribution in [3.63, 3.8) is 0 Å². The number of nitrogens with zero attached hydrogens (tertiary/aromatic N) is 4. The van der Waals surface area contributed by atoms with E-state index in [4.69, 9.17) is 5.26 Å². The van der Waals surface area contributed by atoms with Crippen molar-refractivity contribution in [2.24, 2.45) is 0 Å². The molecule has 0 radical (unpaired) electrons. The molecule has 120 valence electrons. The Morgan fingerprint density at radius 3 is 2.78 bits per heavy atom. The topological polar surface area (TPSA) is 104 Å². The first-order valence-corrected chi connectivity index (χ1v) is 6.24. The fraction of sp³-hybridized carbons (Fsp3) is 0.231. The molecule has 0 fully saturated rings. The standard InChI is InChI=1S/C13H10F3N5O2/c14-13(15,16)10-3-9(2-1-8(10)4-17)20-12(23)11(22)5-21-7-18-6-19-21/h1-3,6-7,11,22H,5H2,(H,20,23). The minimum absolute atomic E-state index is 0.182. The van der Waals surface area contributed by atoms with Gasteiger partial charge in [-0.15, -0.1) is 0 Å². The third-order valence-corrected chi connectivity index (χ3v) is 2.84. The smallest absolute Gasteiger partial charge is 0.381 e. The molecule has 0 bridgehead atoms. The van der Waals surface area contributed by atoms with Crippen molar-refractivity contribution in [1.29, 1.82) is 5.26 Å². The van der Waals surface area contributed by atoms with Gasteiger partial charge in [0.25, 0.3) is 5.91 Å². The van der Waals surface area contributed by atoms with Crippen LogP contribution in [0.5, 0.6) is 0 Å². The molecule has 1 aromatic heterocycles. The van der Waals surface area contributed by atoms with E-state index in [-0.39, 0.29) is 12.2 Å². The molecule has 10 heteroatoms. The van der Waals surface area contributed by atoms with Crippen molar-refractivity contribution in [3.05, 3.63) is 42.0 Å². The molecule has 0 aliphatic carbocycles. The van der Waals surface area contributed by atoms with Crippen LogP contribution < -0.4 is 5.32 Å². The maximum absolute atomic E-state index is 12.8. The molecular weight excluding hydrogens is 315 g/mol. The number of amides is 1. The second kappa shape index (κ2) is 6.45. The second-order valence-corrected chi connectivity index (χ2v) is 4.49. The van der Waals surface area contributed by atoms with Gasteiger partial charge in [0.05, 0.1) is 23.7 Å². The summed E-state index contributed by atoms with van der Waals surface area (Å²) in [6.45, 7) is -0.200. The van der Waals surface area contributed by atoms with E-state index >= 15 is 0 Å². The number of benzene rings is 1. The van der Waals surface area contributed by atoms with Gasteiger partial charge in [0.1, 0.15) is 12.7 Å². The van der Waals surface area contributed by atoms with Gasteiger partial charge in [-0.25, -0.2) is 9.67 Å². The van der Waals surface area contributed by atoms with Gasteiger partial charge in [-0.2, -0.15) is 23.5 Å². The van der Waals surface area contributed by atoms with Gasteiger partial charge >= 0.3 is 6.18 Å². The molecule has 23 heavy (non-hydrogen) atoms. The Morgan fingerprint density at radius 2 is 2.22 bits per heavy atom. The zero-order valence-corrected chi connectivity index (χ0v) is 11.4. The minimum Gasteiger partial charge on any atom is -0.381 e. The predicted octanol–water partition coefficient (Wildman–Crippen LogP) is 1.17. The van der Waals surface area contributed by atoms with Gasteiger partial charge in [0, 0.05) is 5.69 Å². The SMILES string of the molecule is N#Cc1ccc(NC(=O)C(O)Cn2cncn2)cc1C(F)(F)F. The van der Waals surface area contributed by atoms with Crippen molar-refractivity contribution in [3.8, 4) is 6.07 Å². The van der Waals surface area contributed by atoms with Gasteiger partial charge in [-0.3, -0.25) is 4.79 Å². The molecule has 0 saturated heterocycles. The van der Waals surface area contributed by atoms with Gasteiger partial charge in [-0.05, 0) is 18.2 Å². The quantitative estimate of drug-likeness (QED) is 0.878. The number of hydrogen-bond donors (Lipinski definition) is 2. The van der Waals surface area contributed by atoms with Gasteiger partial charge in [0.15, 0.2) is 6.10 Å². The number of carbonyl (C=O) groups excluding carboxylic acids is 1. The van der Waals surface area contributed by atoms with E-state index in [1.54, 1.807) is 0 Å². The fourth-order valence-corrected chi connectivity index (χ4v) is 1.77. The number of carbonyl (C=O) groups is 1. The molecule has 2 aromatic rings. The van der Waals surface area contributed by atoms with Crippen LogP contribution in [0.1, 0.15) is 11.1 Å². The number of alkyl halides is 3. The lowest BCUT2D eigenvalue weighted by Gasteiger charge is -2.14.